The Morgan fingerprint density at radius 2 is 2.16 bits per heavy atom. The molecule has 1 unspecified atom stereocenters. The highest BCUT2D eigenvalue weighted by molar-refractivity contribution is 7.20. The van der Waals surface area contributed by atoms with Crippen molar-refractivity contribution in [2.75, 3.05) is 31.6 Å². The lowest BCUT2D eigenvalue weighted by atomic mass is 10.1. The maximum absolute atomic E-state index is 13.3. The molecule has 1 amide bonds. The number of carbonyl (C=O) groups is 1. The van der Waals surface area contributed by atoms with Gasteiger partial charge in [-0.2, -0.15) is 0 Å². The first-order chi connectivity index (χ1) is 15.0. The SMILES string of the molecule is CCN1CC(CN(C)C(=O)c2sc3nc4n(c(=O)c3c2C)CCC4)Oc2ccccc21. The summed E-state index contributed by atoms with van der Waals surface area (Å²) in [5.41, 5.74) is 1.82. The molecular formula is C23H26N4O3S. The molecule has 4 heterocycles. The predicted octanol–water partition coefficient (Wildman–Crippen LogP) is 3.07. The number of fused-ring (bicyclic) bond motifs is 3. The zero-order valence-corrected chi connectivity index (χ0v) is 18.9. The van der Waals surface area contributed by atoms with Crippen LogP contribution in [0.4, 0.5) is 5.69 Å². The number of amides is 1. The van der Waals surface area contributed by atoms with E-state index in [1.54, 1.807) is 16.5 Å². The summed E-state index contributed by atoms with van der Waals surface area (Å²) in [4.78, 5) is 36.2. The summed E-state index contributed by atoms with van der Waals surface area (Å²) in [6.07, 6.45) is 1.65. The molecule has 0 bridgehead atoms. The molecule has 2 aromatic heterocycles. The van der Waals surface area contributed by atoms with E-state index in [4.69, 9.17) is 4.74 Å². The Morgan fingerprint density at radius 3 is 2.97 bits per heavy atom. The molecule has 0 fully saturated rings. The van der Waals surface area contributed by atoms with E-state index in [1.165, 1.54) is 11.3 Å². The number of hydrogen-bond acceptors (Lipinski definition) is 6. The highest BCUT2D eigenvalue weighted by Gasteiger charge is 2.29. The summed E-state index contributed by atoms with van der Waals surface area (Å²) < 4.78 is 7.94. The number of carbonyl (C=O) groups excluding carboxylic acids is 1. The van der Waals surface area contributed by atoms with Crippen molar-refractivity contribution in [2.45, 2.75) is 39.3 Å². The number of para-hydroxylation sites is 2. The van der Waals surface area contributed by atoms with Gasteiger partial charge in [0.2, 0.25) is 0 Å². The van der Waals surface area contributed by atoms with E-state index >= 15 is 0 Å². The lowest BCUT2D eigenvalue weighted by molar-refractivity contribution is 0.0713. The van der Waals surface area contributed by atoms with Crippen molar-refractivity contribution in [3.8, 4) is 5.75 Å². The molecule has 2 aliphatic heterocycles. The van der Waals surface area contributed by atoms with Crippen LogP contribution in [0.5, 0.6) is 5.75 Å². The van der Waals surface area contributed by atoms with Gasteiger partial charge in [0.1, 0.15) is 22.5 Å². The third kappa shape index (κ3) is 3.29. The van der Waals surface area contributed by atoms with Crippen LogP contribution in [0.2, 0.25) is 0 Å². The van der Waals surface area contributed by atoms with Gasteiger partial charge >= 0.3 is 0 Å². The fraction of sp³-hybridized carbons (Fsp3) is 0.435. The molecule has 1 atom stereocenters. The number of likely N-dealkylation sites (N-methyl/N-ethyl adjacent to an activating group) is 2. The maximum atomic E-state index is 13.3. The van der Waals surface area contributed by atoms with Gasteiger partial charge in [0, 0.05) is 26.6 Å². The van der Waals surface area contributed by atoms with E-state index in [0.717, 1.165) is 48.8 Å². The number of anilines is 1. The van der Waals surface area contributed by atoms with Gasteiger partial charge in [-0.3, -0.25) is 14.2 Å². The van der Waals surface area contributed by atoms with E-state index in [2.05, 4.69) is 22.9 Å². The first-order valence-electron chi connectivity index (χ1n) is 10.8. The van der Waals surface area contributed by atoms with Crippen LogP contribution in [0.3, 0.4) is 0 Å². The number of rotatable bonds is 4. The first-order valence-corrected chi connectivity index (χ1v) is 11.6. The number of hydrogen-bond donors (Lipinski definition) is 0. The van der Waals surface area contributed by atoms with Crippen LogP contribution >= 0.6 is 11.3 Å². The number of ether oxygens (including phenoxy) is 1. The average molecular weight is 439 g/mol. The Morgan fingerprint density at radius 1 is 1.35 bits per heavy atom. The molecule has 0 N–H and O–H groups in total. The molecule has 0 aliphatic carbocycles. The Kier molecular flexibility index (Phi) is 4.97. The molecular weight excluding hydrogens is 412 g/mol. The lowest BCUT2D eigenvalue weighted by Gasteiger charge is -2.37. The normalized spacial score (nSPS) is 17.4. The molecule has 0 radical (unpaired) electrons. The lowest BCUT2D eigenvalue weighted by Crippen LogP contribution is -2.46. The summed E-state index contributed by atoms with van der Waals surface area (Å²) in [7, 11) is 1.80. The first kappa shape index (κ1) is 20.1. The number of aryl methyl sites for hydroxylation is 2. The topological polar surface area (TPSA) is 67.7 Å². The van der Waals surface area contributed by atoms with E-state index in [1.807, 2.05) is 25.1 Å². The van der Waals surface area contributed by atoms with Gasteiger partial charge in [0.15, 0.2) is 0 Å². The van der Waals surface area contributed by atoms with Crippen molar-refractivity contribution in [3.63, 3.8) is 0 Å². The van der Waals surface area contributed by atoms with Crippen LogP contribution in [-0.2, 0) is 13.0 Å². The molecule has 0 saturated carbocycles. The molecule has 31 heavy (non-hydrogen) atoms. The predicted molar refractivity (Wildman–Crippen MR) is 123 cm³/mol. The van der Waals surface area contributed by atoms with Crippen molar-refractivity contribution in [3.05, 3.63) is 50.9 Å². The Balaban J connectivity index is 1.40. The minimum atomic E-state index is -0.119. The van der Waals surface area contributed by atoms with E-state index in [0.29, 0.717) is 28.2 Å². The van der Waals surface area contributed by atoms with Crippen molar-refractivity contribution < 1.29 is 9.53 Å². The fourth-order valence-electron chi connectivity index (χ4n) is 4.61. The third-order valence-corrected chi connectivity index (χ3v) is 7.41. The van der Waals surface area contributed by atoms with Gasteiger partial charge in [-0.05, 0) is 38.0 Å². The summed E-state index contributed by atoms with van der Waals surface area (Å²) in [5.74, 6) is 1.60. The summed E-state index contributed by atoms with van der Waals surface area (Å²) >= 11 is 1.33. The van der Waals surface area contributed by atoms with Crippen molar-refractivity contribution >= 4 is 33.1 Å². The second-order valence-corrected chi connectivity index (χ2v) is 9.26. The summed E-state index contributed by atoms with van der Waals surface area (Å²) in [6, 6.07) is 8.01. The van der Waals surface area contributed by atoms with Crippen LogP contribution in [0.1, 0.15) is 34.4 Å². The molecule has 0 spiro atoms. The molecule has 2 aliphatic rings. The molecule has 5 rings (SSSR count). The van der Waals surface area contributed by atoms with E-state index in [9.17, 15) is 9.59 Å². The van der Waals surface area contributed by atoms with Gasteiger partial charge in [-0.25, -0.2) is 4.98 Å². The molecule has 8 heteroatoms. The van der Waals surface area contributed by atoms with Crippen LogP contribution in [0.15, 0.2) is 29.1 Å². The summed E-state index contributed by atoms with van der Waals surface area (Å²) in [6.45, 7) is 6.77. The van der Waals surface area contributed by atoms with Gasteiger partial charge < -0.3 is 14.5 Å². The highest BCUT2D eigenvalue weighted by atomic mass is 32.1. The zero-order valence-electron chi connectivity index (χ0n) is 18.1. The van der Waals surface area contributed by atoms with Crippen LogP contribution < -0.4 is 15.2 Å². The Labute approximate surface area is 184 Å². The molecule has 162 valence electrons. The zero-order chi connectivity index (χ0) is 21.7. The Bertz CT molecular complexity index is 1230. The van der Waals surface area contributed by atoms with Gasteiger partial charge in [0.25, 0.3) is 11.5 Å². The smallest absolute Gasteiger partial charge is 0.264 e. The molecule has 1 aromatic carbocycles. The van der Waals surface area contributed by atoms with E-state index in [-0.39, 0.29) is 17.6 Å². The van der Waals surface area contributed by atoms with Crippen molar-refractivity contribution in [2.24, 2.45) is 0 Å². The van der Waals surface area contributed by atoms with Crippen LogP contribution in [-0.4, -0.2) is 53.1 Å². The summed E-state index contributed by atoms with van der Waals surface area (Å²) in [5, 5.41) is 0.590. The maximum Gasteiger partial charge on any atom is 0.264 e. The quantitative estimate of drug-likeness (QED) is 0.626. The second kappa shape index (κ2) is 7.67. The van der Waals surface area contributed by atoms with Gasteiger partial charge in [-0.1, -0.05) is 12.1 Å². The number of aromatic nitrogens is 2. The third-order valence-electron chi connectivity index (χ3n) is 6.24. The minimum absolute atomic E-state index is 0.0150. The Hall–Kier alpha value is -2.87. The largest absolute Gasteiger partial charge is 0.485 e. The molecule has 7 nitrogen and oxygen atoms in total. The fourth-order valence-corrected chi connectivity index (χ4v) is 5.80. The molecule has 3 aromatic rings. The second-order valence-electron chi connectivity index (χ2n) is 8.26. The van der Waals surface area contributed by atoms with Gasteiger partial charge in [-0.15, -0.1) is 11.3 Å². The number of benzene rings is 1. The monoisotopic (exact) mass is 438 g/mol. The minimum Gasteiger partial charge on any atom is -0.485 e. The highest BCUT2D eigenvalue weighted by Crippen LogP contribution is 2.33. The van der Waals surface area contributed by atoms with Crippen molar-refractivity contribution in [1.29, 1.82) is 0 Å². The van der Waals surface area contributed by atoms with Crippen LogP contribution in [0, 0.1) is 6.92 Å². The van der Waals surface area contributed by atoms with E-state index < -0.39 is 0 Å². The number of thiophene rings is 1. The average Bonchev–Trinajstić information content (AvgIpc) is 3.37. The van der Waals surface area contributed by atoms with Crippen LogP contribution in [0.25, 0.3) is 10.2 Å². The van der Waals surface area contributed by atoms with Gasteiger partial charge in [0.05, 0.1) is 29.0 Å². The number of nitrogens with zero attached hydrogens (tertiary/aromatic N) is 4. The standard InChI is InChI=1S/C23H26N4O3S/c1-4-26-13-15(30-17-9-6-5-8-16(17)26)12-25(3)23(29)20-14(2)19-21(31-20)24-18-10-7-11-27(18)22(19)28/h5-6,8-9,15H,4,7,10-13H2,1-3H3. The van der Waals surface area contributed by atoms with Crippen molar-refractivity contribution in [1.82, 2.24) is 14.5 Å². The molecule has 0 saturated heterocycles.